The molecule has 0 fully saturated rings. The number of carbonyl (C=O) groups excluding carboxylic acids is 2. The molecule has 5 nitrogen and oxygen atoms in total. The zero-order valence-corrected chi connectivity index (χ0v) is 13.9. The molecular weight excluding hydrogens is 322 g/mol. The number of hydrogen-bond donors (Lipinski definition) is 3. The van der Waals surface area contributed by atoms with E-state index in [1.807, 2.05) is 31.2 Å². The Kier molecular flexibility index (Phi) is 5.81. The second-order valence-electron chi connectivity index (χ2n) is 5.13. The molecule has 2 aromatic rings. The van der Waals surface area contributed by atoms with Gasteiger partial charge < -0.3 is 11.1 Å². The Morgan fingerprint density at radius 2 is 1.67 bits per heavy atom. The van der Waals surface area contributed by atoms with Crippen molar-refractivity contribution in [2.45, 2.75) is 6.92 Å². The smallest absolute Gasteiger partial charge is 0.250 e. The molecule has 4 N–H and O–H groups in total. The Morgan fingerprint density at radius 3 is 2.25 bits per heavy atom. The minimum absolute atomic E-state index is 0.167. The highest BCUT2D eigenvalue weighted by Gasteiger charge is 2.03. The fraction of sp³-hybridized carbons (Fsp3) is 0.0556. The maximum absolute atomic E-state index is 11.8. The van der Waals surface area contributed by atoms with Crippen molar-refractivity contribution in [1.29, 1.82) is 0 Å². The van der Waals surface area contributed by atoms with Crippen LogP contribution < -0.4 is 16.4 Å². The van der Waals surface area contributed by atoms with E-state index in [0.717, 1.165) is 11.1 Å². The van der Waals surface area contributed by atoms with Crippen molar-refractivity contribution < 1.29 is 9.59 Å². The zero-order valence-electron chi connectivity index (χ0n) is 13.1. The van der Waals surface area contributed by atoms with Crippen LogP contribution in [0.4, 0.5) is 5.69 Å². The van der Waals surface area contributed by atoms with Crippen LogP contribution in [0.25, 0.3) is 6.08 Å². The molecule has 2 amide bonds. The second-order valence-corrected chi connectivity index (χ2v) is 5.54. The molecule has 0 radical (unpaired) electrons. The van der Waals surface area contributed by atoms with Gasteiger partial charge in [-0.1, -0.05) is 29.8 Å². The number of hydrogen-bond acceptors (Lipinski definition) is 3. The van der Waals surface area contributed by atoms with E-state index in [2.05, 4.69) is 10.6 Å². The number of primary amides is 1. The third-order valence-corrected chi connectivity index (χ3v) is 3.37. The van der Waals surface area contributed by atoms with Gasteiger partial charge in [0.15, 0.2) is 5.11 Å². The molecule has 0 aliphatic rings. The fourth-order valence-corrected chi connectivity index (χ4v) is 2.10. The standard InChI is InChI=1S/C18H17N3O2S/c1-12-2-4-13(5-3-12)6-11-16(22)21-18(24)20-15-9-7-14(8-10-15)17(19)23/h2-11H,1H3,(H2,19,23)(H2,20,21,22,24). The van der Waals surface area contributed by atoms with E-state index >= 15 is 0 Å². The SMILES string of the molecule is Cc1ccc(C=CC(=O)NC(=S)Nc2ccc(C(N)=O)cc2)cc1. The van der Waals surface area contributed by atoms with Gasteiger partial charge in [-0.2, -0.15) is 0 Å². The first kappa shape index (κ1) is 17.4. The van der Waals surface area contributed by atoms with Crippen LogP contribution in [-0.2, 0) is 4.79 Å². The van der Waals surface area contributed by atoms with E-state index in [4.69, 9.17) is 18.0 Å². The number of nitrogens with two attached hydrogens (primary N) is 1. The molecule has 0 aromatic heterocycles. The highest BCUT2D eigenvalue weighted by Crippen LogP contribution is 2.09. The minimum atomic E-state index is -0.501. The van der Waals surface area contributed by atoms with Crippen LogP contribution >= 0.6 is 12.2 Å². The highest BCUT2D eigenvalue weighted by molar-refractivity contribution is 7.80. The molecule has 0 bridgehead atoms. The molecule has 6 heteroatoms. The lowest BCUT2D eigenvalue weighted by atomic mass is 10.1. The quantitative estimate of drug-likeness (QED) is 0.590. The average molecular weight is 339 g/mol. The van der Waals surface area contributed by atoms with Crippen molar-refractivity contribution in [3.63, 3.8) is 0 Å². The number of amides is 2. The number of aryl methyl sites for hydroxylation is 1. The van der Waals surface area contributed by atoms with E-state index in [1.54, 1.807) is 30.3 Å². The summed E-state index contributed by atoms with van der Waals surface area (Å²) in [5, 5.41) is 5.58. The van der Waals surface area contributed by atoms with Crippen LogP contribution in [0.2, 0.25) is 0 Å². The van der Waals surface area contributed by atoms with Crippen molar-refractivity contribution in [2.75, 3.05) is 5.32 Å². The number of anilines is 1. The summed E-state index contributed by atoms with van der Waals surface area (Å²) >= 11 is 5.08. The normalized spacial score (nSPS) is 10.4. The maximum atomic E-state index is 11.8. The van der Waals surface area contributed by atoms with Crippen LogP contribution in [0.1, 0.15) is 21.5 Å². The number of benzene rings is 2. The van der Waals surface area contributed by atoms with Gasteiger partial charge in [-0.15, -0.1) is 0 Å². The van der Waals surface area contributed by atoms with Crippen LogP contribution in [-0.4, -0.2) is 16.9 Å². The summed E-state index contributed by atoms with van der Waals surface area (Å²) < 4.78 is 0. The summed E-state index contributed by atoms with van der Waals surface area (Å²) in [7, 11) is 0. The number of carbonyl (C=O) groups is 2. The molecule has 2 rings (SSSR count). The predicted molar refractivity (Wildman–Crippen MR) is 99.5 cm³/mol. The number of thiocarbonyl (C=S) groups is 1. The molecule has 0 aliphatic heterocycles. The molecule has 0 spiro atoms. The zero-order chi connectivity index (χ0) is 17.5. The molecule has 2 aromatic carbocycles. The van der Waals surface area contributed by atoms with Gasteiger partial charge in [0.2, 0.25) is 11.8 Å². The van der Waals surface area contributed by atoms with Gasteiger partial charge in [0.25, 0.3) is 0 Å². The summed E-state index contributed by atoms with van der Waals surface area (Å²) in [6.07, 6.45) is 3.12. The number of nitrogens with one attached hydrogen (secondary N) is 2. The molecule has 0 unspecified atom stereocenters. The summed E-state index contributed by atoms with van der Waals surface area (Å²) in [6, 6.07) is 14.3. The van der Waals surface area contributed by atoms with Gasteiger partial charge in [0, 0.05) is 17.3 Å². The summed E-state index contributed by atoms with van der Waals surface area (Å²) in [5.74, 6) is -0.833. The Labute approximate surface area is 145 Å². The van der Waals surface area contributed by atoms with Crippen molar-refractivity contribution in [2.24, 2.45) is 5.73 Å². The van der Waals surface area contributed by atoms with Gasteiger partial charge in [-0.3, -0.25) is 14.9 Å². The fourth-order valence-electron chi connectivity index (χ4n) is 1.88. The Balaban J connectivity index is 1.88. The Hall–Kier alpha value is -2.99. The van der Waals surface area contributed by atoms with Crippen molar-refractivity contribution in [3.8, 4) is 0 Å². The topological polar surface area (TPSA) is 84.2 Å². The molecular formula is C18H17N3O2S. The van der Waals surface area contributed by atoms with Crippen LogP contribution in [0.15, 0.2) is 54.6 Å². The lowest BCUT2D eigenvalue weighted by molar-refractivity contribution is -0.115. The first-order valence-electron chi connectivity index (χ1n) is 7.20. The molecule has 122 valence electrons. The third kappa shape index (κ3) is 5.33. The summed E-state index contributed by atoms with van der Waals surface area (Å²) in [4.78, 5) is 22.8. The molecule has 24 heavy (non-hydrogen) atoms. The van der Waals surface area contributed by atoms with E-state index < -0.39 is 5.91 Å². The second kappa shape index (κ2) is 8.03. The van der Waals surface area contributed by atoms with Crippen LogP contribution in [0.3, 0.4) is 0 Å². The van der Waals surface area contributed by atoms with Crippen molar-refractivity contribution in [3.05, 3.63) is 71.3 Å². The van der Waals surface area contributed by atoms with Gasteiger partial charge in [-0.25, -0.2) is 0 Å². The highest BCUT2D eigenvalue weighted by atomic mass is 32.1. The largest absolute Gasteiger partial charge is 0.366 e. The molecule has 0 atom stereocenters. The van der Waals surface area contributed by atoms with Gasteiger partial charge in [-0.05, 0) is 55.0 Å². The average Bonchev–Trinajstić information content (AvgIpc) is 2.54. The van der Waals surface area contributed by atoms with Gasteiger partial charge in [0.1, 0.15) is 0 Å². The third-order valence-electron chi connectivity index (χ3n) is 3.17. The van der Waals surface area contributed by atoms with Gasteiger partial charge in [0.05, 0.1) is 0 Å². The monoisotopic (exact) mass is 339 g/mol. The van der Waals surface area contributed by atoms with E-state index in [0.29, 0.717) is 11.3 Å². The van der Waals surface area contributed by atoms with Crippen molar-refractivity contribution >= 4 is 40.9 Å². The molecule has 0 heterocycles. The first-order chi connectivity index (χ1) is 11.4. The minimum Gasteiger partial charge on any atom is -0.366 e. The number of rotatable bonds is 4. The van der Waals surface area contributed by atoms with Crippen molar-refractivity contribution in [1.82, 2.24) is 5.32 Å². The molecule has 0 saturated heterocycles. The van der Waals surface area contributed by atoms with E-state index in [9.17, 15) is 9.59 Å². The van der Waals surface area contributed by atoms with E-state index in [-0.39, 0.29) is 11.0 Å². The lowest BCUT2D eigenvalue weighted by Gasteiger charge is -2.08. The van der Waals surface area contributed by atoms with Gasteiger partial charge >= 0.3 is 0 Å². The Bertz CT molecular complexity index is 781. The predicted octanol–water partition coefficient (Wildman–Crippen LogP) is 2.62. The summed E-state index contributed by atoms with van der Waals surface area (Å²) in [6.45, 7) is 2.00. The van der Waals surface area contributed by atoms with Crippen LogP contribution in [0.5, 0.6) is 0 Å². The molecule has 0 aliphatic carbocycles. The molecule has 0 saturated carbocycles. The maximum Gasteiger partial charge on any atom is 0.250 e. The Morgan fingerprint density at radius 1 is 1.04 bits per heavy atom. The van der Waals surface area contributed by atoms with E-state index in [1.165, 1.54) is 6.08 Å². The van der Waals surface area contributed by atoms with Crippen LogP contribution in [0, 0.1) is 6.92 Å². The summed E-state index contributed by atoms with van der Waals surface area (Å²) in [5.41, 5.74) is 8.30. The first-order valence-corrected chi connectivity index (χ1v) is 7.61. The lowest BCUT2D eigenvalue weighted by Crippen LogP contribution is -2.32.